The summed E-state index contributed by atoms with van der Waals surface area (Å²) in [7, 11) is 0. The summed E-state index contributed by atoms with van der Waals surface area (Å²) in [5.41, 5.74) is 19.2. The number of aliphatic carboxylic acids is 2. The zero-order valence-electron chi connectivity index (χ0n) is 37.7. The van der Waals surface area contributed by atoms with Crippen LogP contribution >= 0.6 is 0 Å². The molecule has 2 aromatic heterocycles. The zero-order chi connectivity index (χ0) is 43.8. The molecule has 60 heavy (non-hydrogen) atoms. The number of carbonyl (C=O) groups excluding carboxylic acids is 2. The number of hydrogen-bond donors (Lipinski definition) is 2. The van der Waals surface area contributed by atoms with Crippen LogP contribution < -0.4 is 30.8 Å². The molecule has 0 saturated heterocycles. The fraction of sp³-hybridized carbons (Fsp3) is 0.538. The first kappa shape index (κ1) is 51.4. The van der Waals surface area contributed by atoms with Crippen LogP contribution in [0, 0.1) is 13.8 Å². The van der Waals surface area contributed by atoms with Crippen LogP contribution in [0.5, 0.6) is 0 Å². The summed E-state index contributed by atoms with van der Waals surface area (Å²) in [6.07, 6.45) is 32.6. The van der Waals surface area contributed by atoms with Crippen LogP contribution in [-0.2, 0) is 22.7 Å². The van der Waals surface area contributed by atoms with Gasteiger partial charge in [-0.15, -0.1) is 0 Å². The summed E-state index contributed by atoms with van der Waals surface area (Å²) in [6, 6.07) is 21.2. The largest absolute Gasteiger partial charge is 0.545 e. The first-order chi connectivity index (χ1) is 29.1. The molecule has 0 aliphatic heterocycles. The highest BCUT2D eigenvalue weighted by Crippen LogP contribution is 2.21. The zero-order valence-corrected chi connectivity index (χ0v) is 37.7. The number of aryl methyl sites for hydroxylation is 4. The lowest BCUT2D eigenvalue weighted by Gasteiger charge is -2.08. The van der Waals surface area contributed by atoms with E-state index in [2.05, 4.69) is 97.5 Å². The van der Waals surface area contributed by atoms with E-state index in [0.717, 1.165) is 73.1 Å². The third kappa shape index (κ3) is 21.5. The maximum absolute atomic E-state index is 9.98. The van der Waals surface area contributed by atoms with E-state index in [1.165, 1.54) is 138 Å². The summed E-state index contributed by atoms with van der Waals surface area (Å²) < 4.78 is 4.85. The Morgan fingerprint density at radius 3 is 1.17 bits per heavy atom. The molecule has 4 N–H and O–H groups in total. The van der Waals surface area contributed by atoms with Gasteiger partial charge in [-0.3, -0.25) is 0 Å². The molecule has 330 valence electrons. The van der Waals surface area contributed by atoms with E-state index in [4.69, 9.17) is 11.5 Å². The van der Waals surface area contributed by atoms with Crippen molar-refractivity contribution in [2.45, 2.75) is 182 Å². The summed E-state index contributed by atoms with van der Waals surface area (Å²) in [5.74, 6) is -2.18. The van der Waals surface area contributed by atoms with Gasteiger partial charge in [-0.1, -0.05) is 140 Å². The number of carbonyl (C=O) groups is 2. The van der Waals surface area contributed by atoms with Crippen molar-refractivity contribution in [3.8, 4) is 0 Å². The fourth-order valence-corrected chi connectivity index (χ4v) is 7.69. The number of pyridine rings is 2. The van der Waals surface area contributed by atoms with Crippen molar-refractivity contribution in [2.75, 3.05) is 11.5 Å². The molecule has 0 unspecified atom stereocenters. The van der Waals surface area contributed by atoms with Crippen LogP contribution in [0.2, 0.25) is 0 Å². The van der Waals surface area contributed by atoms with Gasteiger partial charge in [-0.05, 0) is 62.8 Å². The van der Waals surface area contributed by atoms with Crippen LogP contribution in [0.3, 0.4) is 0 Å². The smallest absolute Gasteiger partial charge is 0.214 e. The van der Waals surface area contributed by atoms with Crippen LogP contribution in [0.25, 0.3) is 21.8 Å². The molecule has 4 rings (SSSR count). The molecule has 0 aliphatic rings. The van der Waals surface area contributed by atoms with Crippen LogP contribution in [-0.4, -0.2) is 11.9 Å². The maximum Gasteiger partial charge on any atom is 0.214 e. The third-order valence-corrected chi connectivity index (χ3v) is 11.1. The first-order valence-electron chi connectivity index (χ1n) is 23.2. The molecule has 0 aliphatic carbocycles. The Balaban J connectivity index is 0.000000393. The number of fused-ring (bicyclic) bond motifs is 2. The van der Waals surface area contributed by atoms with Crippen molar-refractivity contribution >= 4 is 45.1 Å². The van der Waals surface area contributed by atoms with Gasteiger partial charge in [-0.2, -0.15) is 9.13 Å². The number of anilines is 2. The Morgan fingerprint density at radius 1 is 0.500 bits per heavy atom. The number of rotatable bonds is 27. The number of nitrogens with two attached hydrogens (primary N) is 2. The van der Waals surface area contributed by atoms with Crippen molar-refractivity contribution in [2.24, 2.45) is 0 Å². The third-order valence-electron chi connectivity index (χ3n) is 11.1. The Morgan fingerprint density at radius 2 is 0.817 bits per heavy atom. The second kappa shape index (κ2) is 32.1. The highest BCUT2D eigenvalue weighted by atomic mass is 16.4. The Hall–Kier alpha value is -4.72. The van der Waals surface area contributed by atoms with Gasteiger partial charge >= 0.3 is 0 Å². The molecule has 2 heterocycles. The molecule has 0 spiro atoms. The van der Waals surface area contributed by atoms with E-state index in [9.17, 15) is 19.8 Å². The Bertz CT molecular complexity index is 1730. The van der Waals surface area contributed by atoms with E-state index >= 15 is 0 Å². The van der Waals surface area contributed by atoms with E-state index in [0.29, 0.717) is 0 Å². The predicted molar refractivity (Wildman–Crippen MR) is 248 cm³/mol. The number of nitrogen functional groups attached to an aromatic ring is 2. The first-order valence-corrected chi connectivity index (χ1v) is 23.2. The highest BCUT2D eigenvalue weighted by molar-refractivity contribution is 5.88. The fourth-order valence-electron chi connectivity index (χ4n) is 7.69. The average molecular weight is 823 g/mol. The molecule has 0 atom stereocenters. The van der Waals surface area contributed by atoms with Crippen molar-refractivity contribution in [1.82, 2.24) is 0 Å². The molecule has 0 radical (unpaired) electrons. The number of hydrogen-bond acceptors (Lipinski definition) is 6. The Kier molecular flexibility index (Phi) is 27.5. The number of nitrogens with zero attached hydrogens (tertiary/aromatic N) is 2. The molecule has 2 aromatic carbocycles. The molecule has 0 amide bonds. The van der Waals surface area contributed by atoms with E-state index < -0.39 is 11.9 Å². The summed E-state index contributed by atoms with van der Waals surface area (Å²) in [6.45, 7) is 10.9. The minimum atomic E-state index is -1.09. The highest BCUT2D eigenvalue weighted by Gasteiger charge is 2.16. The normalized spacial score (nSPS) is 11.2. The number of benzene rings is 2. The number of allylic oxidation sites excluding steroid dienone is 2. The van der Waals surface area contributed by atoms with Gasteiger partial charge < -0.3 is 31.3 Å². The second-order valence-corrected chi connectivity index (χ2v) is 16.2. The molecule has 0 bridgehead atoms. The molecular formula is C52H78N4O4. The quantitative estimate of drug-likeness (QED) is 0.0349. The van der Waals surface area contributed by atoms with Gasteiger partial charge in [0, 0.05) is 51.0 Å². The van der Waals surface area contributed by atoms with Gasteiger partial charge in [0.25, 0.3) is 0 Å². The van der Waals surface area contributed by atoms with Crippen LogP contribution in [0.4, 0.5) is 11.4 Å². The van der Waals surface area contributed by atoms with Gasteiger partial charge in [0.2, 0.25) is 11.0 Å². The van der Waals surface area contributed by atoms with Gasteiger partial charge in [0.05, 0.1) is 34.1 Å². The number of carboxylic acid groups (broad SMARTS) is 2. The predicted octanol–water partition coefficient (Wildman–Crippen LogP) is 10.3. The number of aromatic nitrogens is 2. The molecular weight excluding hydrogens is 745 g/mol. The van der Waals surface area contributed by atoms with Crippen LogP contribution in [0.15, 0.2) is 85.0 Å². The van der Waals surface area contributed by atoms with Crippen molar-refractivity contribution in [3.05, 3.63) is 96.4 Å². The van der Waals surface area contributed by atoms with E-state index in [-0.39, 0.29) is 0 Å². The summed E-state index contributed by atoms with van der Waals surface area (Å²) in [5, 5.41) is 22.3. The average Bonchev–Trinajstić information content (AvgIpc) is 3.23. The van der Waals surface area contributed by atoms with Gasteiger partial charge in [0.1, 0.15) is 13.1 Å². The minimum absolute atomic E-state index is 0.861. The number of carboxylic acids is 2. The lowest BCUT2D eigenvalue weighted by molar-refractivity contribution is -0.678. The van der Waals surface area contributed by atoms with Crippen molar-refractivity contribution in [3.63, 3.8) is 0 Å². The topological polar surface area (TPSA) is 140 Å². The number of unbranched alkanes of at least 4 members (excludes halogenated alkanes) is 19. The lowest BCUT2D eigenvalue weighted by atomic mass is 10.1. The van der Waals surface area contributed by atoms with Gasteiger partial charge in [-0.25, -0.2) is 0 Å². The van der Waals surface area contributed by atoms with E-state index in [1.807, 2.05) is 0 Å². The molecule has 8 nitrogen and oxygen atoms in total. The van der Waals surface area contributed by atoms with Crippen molar-refractivity contribution in [1.29, 1.82) is 0 Å². The molecule has 4 aromatic rings. The standard InChI is InChI=1S/C30H38N4.2C11H20O2/c1-23-21-27(31)25-15-9-11-17-29(25)33(23)19-13-7-5-3-4-6-8-14-20-34-24(2)22-28(32)26-16-10-12-18-30(26)34;2*1-2-3-4-5-6-7-8-9-10-11(12)13/h9-12,15-18,21-22,31-32H,3-8,13-14,19-20H2,1-2H3;2*9-10H,2-8H2,1H3,(H,12,13). The van der Waals surface area contributed by atoms with Crippen molar-refractivity contribution < 1.29 is 28.9 Å². The summed E-state index contributed by atoms with van der Waals surface area (Å²) >= 11 is 0. The summed E-state index contributed by atoms with van der Waals surface area (Å²) in [4.78, 5) is 20.0. The SMILES string of the molecule is CCCCCCCCC=CC(=O)[O-].CCCCCCCCC=CC(=O)[O-].Cc1cc(N)c2ccccc2[n+]1CCCCCCCCCC[n+]1c(C)cc(N)c2ccccc21. The monoisotopic (exact) mass is 823 g/mol. The number of para-hydroxylation sites is 2. The van der Waals surface area contributed by atoms with Crippen LogP contribution in [0.1, 0.15) is 166 Å². The second-order valence-electron chi connectivity index (χ2n) is 16.2. The molecule has 8 heteroatoms. The lowest BCUT2D eigenvalue weighted by Crippen LogP contribution is -2.38. The van der Waals surface area contributed by atoms with E-state index in [1.54, 1.807) is 12.2 Å². The molecule has 0 fully saturated rings. The maximum atomic E-state index is 9.98. The van der Waals surface area contributed by atoms with Gasteiger partial charge in [0.15, 0.2) is 11.4 Å². The minimum Gasteiger partial charge on any atom is -0.545 e. The molecule has 0 saturated carbocycles. The Labute approximate surface area is 362 Å².